The van der Waals surface area contributed by atoms with Crippen molar-refractivity contribution < 1.29 is 4.74 Å². The van der Waals surface area contributed by atoms with Crippen LogP contribution in [0.1, 0.15) is 16.8 Å². The summed E-state index contributed by atoms with van der Waals surface area (Å²) in [5, 5.41) is 3.05. The number of aliphatic imine (C=N–C) groups is 1. The largest absolute Gasteiger partial charge is 0.424 e. The van der Waals surface area contributed by atoms with Crippen LogP contribution in [-0.4, -0.2) is 21.3 Å². The number of aromatic nitrogens is 3. The van der Waals surface area contributed by atoms with Crippen LogP contribution in [-0.2, 0) is 5.66 Å². The van der Waals surface area contributed by atoms with E-state index in [0.717, 1.165) is 22.6 Å². The first-order chi connectivity index (χ1) is 11.7. The molecule has 3 aromatic rings. The molecule has 120 valence electrons. The highest BCUT2D eigenvalue weighted by Gasteiger charge is 2.36. The van der Waals surface area contributed by atoms with Crippen molar-refractivity contribution in [2.75, 3.05) is 5.32 Å². The lowest BCUT2D eigenvalue weighted by molar-refractivity contribution is 0.420. The highest BCUT2D eigenvalue weighted by Crippen LogP contribution is 2.40. The molecule has 1 unspecified atom stereocenters. The van der Waals surface area contributed by atoms with Gasteiger partial charge >= 0.3 is 6.01 Å². The molecule has 3 heterocycles. The van der Waals surface area contributed by atoms with Gasteiger partial charge in [0.15, 0.2) is 5.66 Å². The Kier molecular flexibility index (Phi) is 3.28. The molecule has 2 aromatic heterocycles. The minimum Gasteiger partial charge on any atom is -0.424 e. The molecule has 0 amide bonds. The van der Waals surface area contributed by atoms with E-state index in [4.69, 9.17) is 10.5 Å². The van der Waals surface area contributed by atoms with Gasteiger partial charge in [-0.3, -0.25) is 5.73 Å². The van der Waals surface area contributed by atoms with Crippen molar-refractivity contribution in [3.8, 4) is 11.8 Å². The van der Waals surface area contributed by atoms with Gasteiger partial charge in [0.05, 0.1) is 6.34 Å². The zero-order valence-corrected chi connectivity index (χ0v) is 13.0. The summed E-state index contributed by atoms with van der Waals surface area (Å²) in [5.74, 6) is 1.38. The molecule has 0 spiro atoms. The fraction of sp³-hybridized carbons (Fsp3) is 0.118. The second-order valence-corrected chi connectivity index (χ2v) is 5.51. The first-order valence-electron chi connectivity index (χ1n) is 7.51. The van der Waals surface area contributed by atoms with Gasteiger partial charge in [-0.05, 0) is 25.1 Å². The number of aromatic amines is 1. The number of benzene rings is 1. The Bertz CT molecular complexity index is 919. The van der Waals surface area contributed by atoms with Crippen molar-refractivity contribution in [3.63, 3.8) is 0 Å². The van der Waals surface area contributed by atoms with Crippen LogP contribution in [0.5, 0.6) is 11.8 Å². The van der Waals surface area contributed by atoms with Crippen LogP contribution in [0.2, 0.25) is 0 Å². The first kappa shape index (κ1) is 14.4. The zero-order valence-electron chi connectivity index (χ0n) is 13.0. The summed E-state index contributed by atoms with van der Waals surface area (Å²) < 4.78 is 5.89. The lowest BCUT2D eigenvalue weighted by Gasteiger charge is -2.30. The molecule has 0 saturated carbocycles. The van der Waals surface area contributed by atoms with Crippen molar-refractivity contribution in [2.45, 2.75) is 12.6 Å². The van der Waals surface area contributed by atoms with Crippen LogP contribution >= 0.6 is 0 Å². The highest BCUT2D eigenvalue weighted by molar-refractivity contribution is 5.80. The van der Waals surface area contributed by atoms with E-state index in [-0.39, 0.29) is 6.01 Å². The normalized spacial score (nSPS) is 18.8. The number of nitrogens with two attached hydrogens (primary N) is 1. The van der Waals surface area contributed by atoms with Gasteiger partial charge in [0.25, 0.3) is 0 Å². The molecule has 1 aliphatic heterocycles. The molecule has 4 rings (SSSR count). The van der Waals surface area contributed by atoms with Gasteiger partial charge in [-0.15, -0.1) is 0 Å². The minimum absolute atomic E-state index is 0.276. The van der Waals surface area contributed by atoms with E-state index < -0.39 is 5.66 Å². The number of para-hydroxylation sites is 1. The second-order valence-electron chi connectivity index (χ2n) is 5.51. The van der Waals surface area contributed by atoms with Gasteiger partial charge in [-0.25, -0.2) is 15.0 Å². The highest BCUT2D eigenvalue weighted by atomic mass is 16.5. The number of H-pyrrole nitrogens is 1. The van der Waals surface area contributed by atoms with Crippen molar-refractivity contribution in [2.24, 2.45) is 10.7 Å². The molecule has 1 atom stereocenters. The van der Waals surface area contributed by atoms with Crippen LogP contribution in [0.15, 0.2) is 53.8 Å². The molecule has 0 aliphatic carbocycles. The van der Waals surface area contributed by atoms with Crippen molar-refractivity contribution in [3.05, 3.63) is 65.6 Å². The third-order valence-corrected chi connectivity index (χ3v) is 3.91. The maximum Gasteiger partial charge on any atom is 0.322 e. The summed E-state index contributed by atoms with van der Waals surface area (Å²) >= 11 is 0. The summed E-state index contributed by atoms with van der Waals surface area (Å²) in [5.41, 5.74) is 7.98. The Hall–Kier alpha value is -3.19. The Balaban J connectivity index is 1.80. The average molecular weight is 320 g/mol. The summed E-state index contributed by atoms with van der Waals surface area (Å²) in [6.45, 7) is 1.88. The number of anilines is 1. The second kappa shape index (κ2) is 5.47. The summed E-state index contributed by atoms with van der Waals surface area (Å²) in [4.78, 5) is 16.0. The lowest BCUT2D eigenvalue weighted by Crippen LogP contribution is -2.39. The molecule has 1 aromatic carbocycles. The van der Waals surface area contributed by atoms with Crippen molar-refractivity contribution in [1.29, 1.82) is 0 Å². The van der Waals surface area contributed by atoms with Gasteiger partial charge in [0.1, 0.15) is 11.6 Å². The zero-order chi connectivity index (χ0) is 16.6. The number of hydrogen-bond donors (Lipinski definition) is 3. The van der Waals surface area contributed by atoms with E-state index in [1.807, 2.05) is 49.5 Å². The maximum atomic E-state index is 6.64. The summed E-state index contributed by atoms with van der Waals surface area (Å²) in [6, 6.07) is 11.5. The third-order valence-electron chi connectivity index (χ3n) is 3.91. The smallest absolute Gasteiger partial charge is 0.322 e. The first-order valence-corrected chi connectivity index (χ1v) is 7.51. The molecule has 0 radical (unpaired) electrons. The molecule has 0 fully saturated rings. The maximum absolute atomic E-state index is 6.64. The van der Waals surface area contributed by atoms with Crippen molar-refractivity contribution in [1.82, 2.24) is 15.0 Å². The fourth-order valence-electron chi connectivity index (χ4n) is 2.73. The molecule has 0 saturated heterocycles. The van der Waals surface area contributed by atoms with E-state index in [1.54, 1.807) is 12.5 Å². The Morgan fingerprint density at radius 1 is 1.12 bits per heavy atom. The molecule has 7 heteroatoms. The van der Waals surface area contributed by atoms with E-state index in [0.29, 0.717) is 5.75 Å². The average Bonchev–Trinajstić information content (AvgIpc) is 3.06. The molecule has 24 heavy (non-hydrogen) atoms. The minimum atomic E-state index is -1.05. The molecule has 4 N–H and O–H groups in total. The van der Waals surface area contributed by atoms with Crippen LogP contribution in [0.25, 0.3) is 0 Å². The van der Waals surface area contributed by atoms with Gasteiger partial charge in [-0.2, -0.15) is 0 Å². The molecule has 1 aliphatic rings. The Labute approximate surface area is 138 Å². The number of aryl methyl sites for hydroxylation is 1. The van der Waals surface area contributed by atoms with Crippen LogP contribution in [0.4, 0.5) is 5.82 Å². The van der Waals surface area contributed by atoms with Gasteiger partial charge in [0, 0.05) is 29.2 Å². The number of nitrogens with one attached hydrogen (secondary N) is 2. The van der Waals surface area contributed by atoms with Gasteiger partial charge < -0.3 is 15.0 Å². The van der Waals surface area contributed by atoms with Crippen LogP contribution in [0.3, 0.4) is 0 Å². The van der Waals surface area contributed by atoms with E-state index in [2.05, 4.69) is 25.3 Å². The van der Waals surface area contributed by atoms with Gasteiger partial charge in [0.2, 0.25) is 0 Å². The van der Waals surface area contributed by atoms with Crippen molar-refractivity contribution >= 4 is 12.2 Å². The van der Waals surface area contributed by atoms with Crippen LogP contribution in [0, 0.1) is 6.92 Å². The Morgan fingerprint density at radius 2 is 2.00 bits per heavy atom. The summed E-state index contributed by atoms with van der Waals surface area (Å²) in [7, 11) is 0. The standard InChI is InChI=1S/C17H16N6O/c1-11-6-8-20-16(23-11)24-14-5-3-2-4-12(14)17(18)13-7-9-19-15(13)21-10-22-17/h2-10,19H,18H2,1H3,(H,21,22). The van der Waals surface area contributed by atoms with E-state index in [1.165, 1.54) is 0 Å². The van der Waals surface area contributed by atoms with E-state index >= 15 is 0 Å². The monoisotopic (exact) mass is 320 g/mol. The number of fused-ring (bicyclic) bond motifs is 1. The molecule has 0 bridgehead atoms. The SMILES string of the molecule is Cc1ccnc(Oc2ccccc2C2(N)N=CNc3[nH]ccc32)n1. The summed E-state index contributed by atoms with van der Waals surface area (Å²) in [6.07, 6.45) is 5.06. The van der Waals surface area contributed by atoms with E-state index in [9.17, 15) is 0 Å². The van der Waals surface area contributed by atoms with Crippen LogP contribution < -0.4 is 15.8 Å². The predicted molar refractivity (Wildman–Crippen MR) is 91.2 cm³/mol. The topological polar surface area (TPSA) is 101 Å². The lowest BCUT2D eigenvalue weighted by atomic mass is 9.92. The molecular weight excluding hydrogens is 304 g/mol. The number of hydrogen-bond acceptors (Lipinski definition) is 6. The molecule has 7 nitrogen and oxygen atoms in total. The third kappa shape index (κ3) is 2.31. The number of rotatable bonds is 3. The Morgan fingerprint density at radius 3 is 2.88 bits per heavy atom. The number of nitrogens with zero attached hydrogens (tertiary/aromatic N) is 3. The fourth-order valence-corrected chi connectivity index (χ4v) is 2.73. The molecular formula is C17H16N6O. The quantitative estimate of drug-likeness (QED) is 0.688. The number of ether oxygens (including phenoxy) is 1. The predicted octanol–water partition coefficient (Wildman–Crippen LogP) is 2.52. The van der Waals surface area contributed by atoms with Gasteiger partial charge in [-0.1, -0.05) is 18.2 Å².